The van der Waals surface area contributed by atoms with Gasteiger partial charge in [-0.2, -0.15) is 0 Å². The Morgan fingerprint density at radius 1 is 1.67 bits per heavy atom. The van der Waals surface area contributed by atoms with Gasteiger partial charge < -0.3 is 11.1 Å². The lowest BCUT2D eigenvalue weighted by Crippen LogP contribution is -2.20. The van der Waals surface area contributed by atoms with Crippen LogP contribution in [0.2, 0.25) is 5.02 Å². The van der Waals surface area contributed by atoms with E-state index in [0.29, 0.717) is 4.47 Å². The fraction of sp³-hybridized carbons (Fsp3) is 0. The highest BCUT2D eigenvalue weighted by atomic mass is 79.9. The number of thiocarbonyl (C=S) groups is 1. The highest BCUT2D eigenvalue weighted by molar-refractivity contribution is 9.10. The van der Waals surface area contributed by atoms with Gasteiger partial charge in [0.15, 0.2) is 5.11 Å². The molecule has 0 bridgehead atoms. The fourth-order valence-corrected chi connectivity index (χ4v) is 1.95. The maximum atomic E-state index is 10.7. The van der Waals surface area contributed by atoms with Gasteiger partial charge in [0.25, 0.3) is 5.69 Å². The average molecular weight is 311 g/mol. The molecule has 0 amide bonds. The van der Waals surface area contributed by atoms with E-state index in [1.54, 1.807) is 0 Å². The molecule has 0 saturated heterocycles. The van der Waals surface area contributed by atoms with E-state index in [9.17, 15) is 10.1 Å². The van der Waals surface area contributed by atoms with E-state index in [0.717, 1.165) is 0 Å². The number of nitro benzene ring substituents is 1. The Bertz CT molecular complexity index is 440. The standard InChI is InChI=1S/C7H5BrClN3O2S/c8-4-1-3(9)2-5(12(13)14)6(4)11-7(10)15/h1-2H,(H3,10,11,15). The Hall–Kier alpha value is -0.920. The zero-order chi connectivity index (χ0) is 11.6. The topological polar surface area (TPSA) is 81.2 Å². The summed E-state index contributed by atoms with van der Waals surface area (Å²) in [4.78, 5) is 10.1. The molecule has 0 atom stereocenters. The molecule has 80 valence electrons. The quantitative estimate of drug-likeness (QED) is 0.498. The minimum absolute atomic E-state index is 0.0545. The maximum absolute atomic E-state index is 10.7. The summed E-state index contributed by atoms with van der Waals surface area (Å²) in [7, 11) is 0. The second-order valence-corrected chi connectivity index (χ2v) is 4.26. The molecule has 0 aliphatic rings. The third-order valence-corrected chi connectivity index (χ3v) is 2.42. The van der Waals surface area contributed by atoms with Gasteiger partial charge in [-0.05, 0) is 34.2 Å². The Balaban J connectivity index is 3.33. The van der Waals surface area contributed by atoms with Gasteiger partial charge in [-0.1, -0.05) is 11.6 Å². The fourth-order valence-electron chi connectivity index (χ4n) is 0.951. The maximum Gasteiger partial charge on any atom is 0.295 e. The van der Waals surface area contributed by atoms with E-state index < -0.39 is 4.92 Å². The molecular formula is C7H5BrClN3O2S. The van der Waals surface area contributed by atoms with Crippen LogP contribution in [0.15, 0.2) is 16.6 Å². The molecule has 0 saturated carbocycles. The average Bonchev–Trinajstić information content (AvgIpc) is 2.08. The first kappa shape index (κ1) is 12.2. The van der Waals surface area contributed by atoms with Crippen LogP contribution in [0, 0.1) is 10.1 Å². The van der Waals surface area contributed by atoms with E-state index in [4.69, 9.17) is 17.3 Å². The molecule has 1 rings (SSSR count). The van der Waals surface area contributed by atoms with Gasteiger partial charge in [0, 0.05) is 15.6 Å². The molecule has 1 aromatic carbocycles. The lowest BCUT2D eigenvalue weighted by Gasteiger charge is -2.07. The van der Waals surface area contributed by atoms with E-state index in [-0.39, 0.29) is 21.5 Å². The van der Waals surface area contributed by atoms with Gasteiger partial charge in [0.1, 0.15) is 5.69 Å². The van der Waals surface area contributed by atoms with Crippen LogP contribution in [0.5, 0.6) is 0 Å². The molecule has 0 spiro atoms. The molecule has 0 aliphatic carbocycles. The third kappa shape index (κ3) is 3.01. The lowest BCUT2D eigenvalue weighted by atomic mass is 10.2. The number of nitro groups is 1. The number of hydrogen-bond acceptors (Lipinski definition) is 3. The van der Waals surface area contributed by atoms with Gasteiger partial charge in [-0.25, -0.2) is 0 Å². The Kier molecular flexibility index (Phi) is 3.83. The lowest BCUT2D eigenvalue weighted by molar-refractivity contribution is -0.383. The first-order valence-electron chi connectivity index (χ1n) is 3.61. The molecule has 15 heavy (non-hydrogen) atoms. The van der Waals surface area contributed by atoms with Crippen LogP contribution in [0.25, 0.3) is 0 Å². The number of nitrogens with one attached hydrogen (secondary N) is 1. The van der Waals surface area contributed by atoms with Gasteiger partial charge in [0.2, 0.25) is 0 Å². The Labute approximate surface area is 104 Å². The van der Waals surface area contributed by atoms with E-state index in [2.05, 4.69) is 33.5 Å². The van der Waals surface area contributed by atoms with Crippen molar-refractivity contribution in [2.75, 3.05) is 5.32 Å². The largest absolute Gasteiger partial charge is 0.376 e. The molecule has 5 nitrogen and oxygen atoms in total. The molecule has 0 aliphatic heterocycles. The summed E-state index contributed by atoms with van der Waals surface area (Å²) in [6.07, 6.45) is 0. The van der Waals surface area contributed by atoms with Crippen LogP contribution in [0.1, 0.15) is 0 Å². The summed E-state index contributed by atoms with van der Waals surface area (Å²) >= 11 is 13.4. The van der Waals surface area contributed by atoms with Crippen molar-refractivity contribution in [3.05, 3.63) is 31.7 Å². The summed E-state index contributed by atoms with van der Waals surface area (Å²) < 4.78 is 0.425. The van der Waals surface area contributed by atoms with E-state index in [1.807, 2.05) is 0 Å². The monoisotopic (exact) mass is 309 g/mol. The van der Waals surface area contributed by atoms with Gasteiger partial charge in [-0.3, -0.25) is 10.1 Å². The first-order valence-corrected chi connectivity index (χ1v) is 5.19. The predicted molar refractivity (Wildman–Crippen MR) is 66.2 cm³/mol. The molecule has 0 radical (unpaired) electrons. The Morgan fingerprint density at radius 2 is 2.27 bits per heavy atom. The van der Waals surface area contributed by atoms with Crippen LogP contribution in [0.3, 0.4) is 0 Å². The molecule has 0 heterocycles. The zero-order valence-corrected chi connectivity index (χ0v) is 10.3. The second kappa shape index (κ2) is 4.73. The number of hydrogen-bond donors (Lipinski definition) is 2. The van der Waals surface area contributed by atoms with Crippen molar-refractivity contribution in [1.82, 2.24) is 0 Å². The van der Waals surface area contributed by atoms with Crippen LogP contribution in [-0.2, 0) is 0 Å². The number of nitrogens with two attached hydrogens (primary N) is 1. The van der Waals surface area contributed by atoms with Crippen molar-refractivity contribution in [2.45, 2.75) is 0 Å². The molecule has 0 aromatic heterocycles. The number of anilines is 1. The molecule has 1 aromatic rings. The third-order valence-electron chi connectivity index (χ3n) is 1.48. The molecular weight excluding hydrogens is 306 g/mol. The van der Waals surface area contributed by atoms with E-state index >= 15 is 0 Å². The van der Waals surface area contributed by atoms with Crippen LogP contribution < -0.4 is 11.1 Å². The van der Waals surface area contributed by atoms with Crippen molar-refractivity contribution < 1.29 is 4.92 Å². The van der Waals surface area contributed by atoms with Crippen molar-refractivity contribution in [2.24, 2.45) is 5.73 Å². The van der Waals surface area contributed by atoms with Gasteiger partial charge in [-0.15, -0.1) is 0 Å². The summed E-state index contributed by atoms with van der Waals surface area (Å²) in [6, 6.07) is 2.72. The SMILES string of the molecule is NC(=S)Nc1c(Br)cc(Cl)cc1[N+](=O)[O-]. The highest BCUT2D eigenvalue weighted by Crippen LogP contribution is 2.35. The molecule has 3 N–H and O–H groups in total. The number of halogens is 2. The first-order chi connectivity index (χ1) is 6.91. The number of benzene rings is 1. The van der Waals surface area contributed by atoms with Crippen molar-refractivity contribution in [1.29, 1.82) is 0 Å². The smallest absolute Gasteiger partial charge is 0.295 e. The second-order valence-electron chi connectivity index (χ2n) is 2.53. The summed E-state index contributed by atoms with van der Waals surface area (Å²) in [5.41, 5.74) is 5.24. The number of rotatable bonds is 2. The van der Waals surface area contributed by atoms with E-state index in [1.165, 1.54) is 12.1 Å². The predicted octanol–water partition coefficient (Wildman–Crippen LogP) is 2.67. The molecule has 8 heteroatoms. The van der Waals surface area contributed by atoms with Crippen LogP contribution in [-0.4, -0.2) is 10.0 Å². The summed E-state index contributed by atoms with van der Waals surface area (Å²) in [6.45, 7) is 0. The van der Waals surface area contributed by atoms with Gasteiger partial charge >= 0.3 is 0 Å². The minimum Gasteiger partial charge on any atom is -0.376 e. The minimum atomic E-state index is -0.572. The Morgan fingerprint density at radius 3 is 2.73 bits per heavy atom. The van der Waals surface area contributed by atoms with Crippen molar-refractivity contribution >= 4 is 56.2 Å². The highest BCUT2D eigenvalue weighted by Gasteiger charge is 2.18. The normalized spacial score (nSPS) is 9.73. The van der Waals surface area contributed by atoms with Crippen molar-refractivity contribution in [3.8, 4) is 0 Å². The van der Waals surface area contributed by atoms with Crippen LogP contribution in [0.4, 0.5) is 11.4 Å². The van der Waals surface area contributed by atoms with Crippen molar-refractivity contribution in [3.63, 3.8) is 0 Å². The molecule has 0 unspecified atom stereocenters. The zero-order valence-electron chi connectivity index (χ0n) is 7.16. The van der Waals surface area contributed by atoms with Gasteiger partial charge in [0.05, 0.1) is 4.92 Å². The summed E-state index contributed by atoms with van der Waals surface area (Å²) in [5.74, 6) is 0. The number of nitrogens with zero attached hydrogens (tertiary/aromatic N) is 1. The molecule has 0 fully saturated rings. The summed E-state index contributed by atoms with van der Waals surface area (Å²) in [5, 5.41) is 13.4. The van der Waals surface area contributed by atoms with Crippen LogP contribution >= 0.6 is 39.7 Å².